The molecule has 1 aromatic carbocycles. The predicted octanol–water partition coefficient (Wildman–Crippen LogP) is 7.84. The number of hydrogen-bond donors (Lipinski definition) is 1. The summed E-state index contributed by atoms with van der Waals surface area (Å²) in [6.45, 7) is 2.73. The molecule has 0 radical (unpaired) electrons. The summed E-state index contributed by atoms with van der Waals surface area (Å²) in [5.41, 5.74) is 0.989. The summed E-state index contributed by atoms with van der Waals surface area (Å²) in [5, 5.41) is 9.61. The van der Waals surface area contributed by atoms with Crippen molar-refractivity contribution in [2.45, 2.75) is 109 Å². The molecular formula is C28H44O4. The Kier molecular flexibility index (Phi) is 14.1. The molecule has 0 aromatic heterocycles. The van der Waals surface area contributed by atoms with Crippen LogP contribution < -0.4 is 0 Å². The van der Waals surface area contributed by atoms with Gasteiger partial charge in [0, 0.05) is 5.56 Å². The topological polar surface area (TPSA) is 55.8 Å². The Labute approximate surface area is 195 Å². The van der Waals surface area contributed by atoms with Gasteiger partial charge in [-0.1, -0.05) is 101 Å². The van der Waals surface area contributed by atoms with Crippen LogP contribution in [-0.2, 0) is 14.3 Å². The monoisotopic (exact) mass is 444 g/mol. The summed E-state index contributed by atoms with van der Waals surface area (Å²) in [6, 6.07) is 9.84. The minimum atomic E-state index is -0.714. The van der Waals surface area contributed by atoms with Crippen LogP contribution in [-0.4, -0.2) is 23.8 Å². The third-order valence-electron chi connectivity index (χ3n) is 6.28. The van der Waals surface area contributed by atoms with Gasteiger partial charge in [-0.25, -0.2) is 0 Å². The Bertz CT molecular complexity index is 628. The van der Waals surface area contributed by atoms with Crippen LogP contribution in [0.15, 0.2) is 42.5 Å². The number of benzene rings is 1. The standard InChI is InChI=1S/C28H44O4/c1-2-3-4-5-6-7-8-9-10-11-12-13-14-16-21-25(27(29)30)22-26-23-31-28(32-26)24-19-17-15-18-20-24/h9-10,15,17-20,25-26,28H,2-8,11-14,16,21-23H2,1H3,(H,29,30)/b10-9+. The van der Waals surface area contributed by atoms with E-state index in [0.717, 1.165) is 31.2 Å². The highest BCUT2D eigenvalue weighted by Crippen LogP contribution is 2.30. The van der Waals surface area contributed by atoms with E-state index in [-0.39, 0.29) is 18.3 Å². The lowest BCUT2D eigenvalue weighted by molar-refractivity contribution is -0.143. The number of hydrogen-bond acceptors (Lipinski definition) is 3. The van der Waals surface area contributed by atoms with Crippen LogP contribution in [0.5, 0.6) is 0 Å². The van der Waals surface area contributed by atoms with Gasteiger partial charge in [-0.15, -0.1) is 0 Å². The first-order chi connectivity index (χ1) is 15.7. The summed E-state index contributed by atoms with van der Waals surface area (Å²) >= 11 is 0. The molecule has 1 aliphatic heterocycles. The van der Waals surface area contributed by atoms with Crippen LogP contribution in [0.4, 0.5) is 0 Å². The number of rotatable bonds is 18. The average Bonchev–Trinajstić information content (AvgIpc) is 3.27. The van der Waals surface area contributed by atoms with Crippen molar-refractivity contribution in [3.63, 3.8) is 0 Å². The summed E-state index contributed by atoms with van der Waals surface area (Å²) in [6.07, 6.45) is 20.3. The van der Waals surface area contributed by atoms with E-state index in [1.807, 2.05) is 30.3 Å². The highest BCUT2D eigenvalue weighted by atomic mass is 16.7. The Balaban J connectivity index is 1.50. The maximum absolute atomic E-state index is 11.7. The lowest BCUT2D eigenvalue weighted by Crippen LogP contribution is -2.22. The van der Waals surface area contributed by atoms with E-state index in [1.165, 1.54) is 57.8 Å². The minimum Gasteiger partial charge on any atom is -0.481 e. The van der Waals surface area contributed by atoms with Gasteiger partial charge in [-0.05, 0) is 38.5 Å². The number of aliphatic carboxylic acids is 1. The van der Waals surface area contributed by atoms with Crippen LogP contribution in [0.1, 0.15) is 109 Å². The lowest BCUT2D eigenvalue weighted by Gasteiger charge is -2.16. The Morgan fingerprint density at radius 3 is 2.25 bits per heavy atom. The molecule has 0 spiro atoms. The fourth-order valence-electron chi connectivity index (χ4n) is 4.30. The molecule has 32 heavy (non-hydrogen) atoms. The van der Waals surface area contributed by atoms with E-state index in [0.29, 0.717) is 13.0 Å². The molecule has 1 heterocycles. The van der Waals surface area contributed by atoms with Crippen molar-refractivity contribution in [3.8, 4) is 0 Å². The first kappa shape index (κ1) is 26.6. The second kappa shape index (κ2) is 16.9. The fourth-order valence-corrected chi connectivity index (χ4v) is 4.30. The Morgan fingerprint density at radius 2 is 1.59 bits per heavy atom. The molecule has 1 aliphatic rings. The molecule has 1 saturated heterocycles. The van der Waals surface area contributed by atoms with Crippen LogP contribution in [0.3, 0.4) is 0 Å². The predicted molar refractivity (Wildman–Crippen MR) is 131 cm³/mol. The molecule has 3 atom stereocenters. The van der Waals surface area contributed by atoms with E-state index in [4.69, 9.17) is 9.47 Å². The number of carbonyl (C=O) groups is 1. The van der Waals surface area contributed by atoms with E-state index in [1.54, 1.807) is 0 Å². The highest BCUT2D eigenvalue weighted by Gasteiger charge is 2.31. The number of allylic oxidation sites excluding steroid dienone is 2. The number of unbranched alkanes of at least 4 members (excludes halogenated alkanes) is 10. The molecule has 1 fully saturated rings. The first-order valence-electron chi connectivity index (χ1n) is 12.9. The van der Waals surface area contributed by atoms with Crippen molar-refractivity contribution in [1.29, 1.82) is 0 Å². The lowest BCUT2D eigenvalue weighted by atomic mass is 9.95. The van der Waals surface area contributed by atoms with Gasteiger partial charge in [0.1, 0.15) is 0 Å². The molecule has 1 aromatic rings. The largest absolute Gasteiger partial charge is 0.481 e. The van der Waals surface area contributed by atoms with Crippen molar-refractivity contribution in [3.05, 3.63) is 48.0 Å². The van der Waals surface area contributed by atoms with E-state index in [9.17, 15) is 9.90 Å². The average molecular weight is 445 g/mol. The van der Waals surface area contributed by atoms with Crippen LogP contribution in [0, 0.1) is 5.92 Å². The molecule has 3 unspecified atom stereocenters. The smallest absolute Gasteiger partial charge is 0.306 e. The summed E-state index contributed by atoms with van der Waals surface area (Å²) < 4.78 is 11.7. The fraction of sp³-hybridized carbons (Fsp3) is 0.679. The summed E-state index contributed by atoms with van der Waals surface area (Å²) in [4.78, 5) is 11.7. The van der Waals surface area contributed by atoms with Crippen LogP contribution in [0.2, 0.25) is 0 Å². The second-order valence-electron chi connectivity index (χ2n) is 9.12. The SMILES string of the molecule is CCCCCCCC/C=C/CCCCCCC(CC1COC(c2ccccc2)O1)C(=O)O. The van der Waals surface area contributed by atoms with Gasteiger partial charge in [0.15, 0.2) is 6.29 Å². The number of ether oxygens (including phenoxy) is 2. The zero-order valence-electron chi connectivity index (χ0n) is 20.1. The molecule has 4 heteroatoms. The zero-order valence-corrected chi connectivity index (χ0v) is 20.1. The molecule has 2 rings (SSSR count). The van der Waals surface area contributed by atoms with Crippen molar-refractivity contribution < 1.29 is 19.4 Å². The van der Waals surface area contributed by atoms with Gasteiger partial charge in [-0.3, -0.25) is 4.79 Å². The van der Waals surface area contributed by atoms with E-state index in [2.05, 4.69) is 19.1 Å². The molecule has 180 valence electrons. The number of carboxylic acids is 1. The Morgan fingerprint density at radius 1 is 0.969 bits per heavy atom. The third kappa shape index (κ3) is 11.3. The maximum Gasteiger partial charge on any atom is 0.306 e. The molecular weight excluding hydrogens is 400 g/mol. The quantitative estimate of drug-likeness (QED) is 0.185. The van der Waals surface area contributed by atoms with Gasteiger partial charge >= 0.3 is 5.97 Å². The molecule has 0 amide bonds. The summed E-state index contributed by atoms with van der Waals surface area (Å²) in [5.74, 6) is -1.07. The molecule has 0 saturated carbocycles. The maximum atomic E-state index is 11.7. The van der Waals surface area contributed by atoms with Gasteiger partial charge in [0.2, 0.25) is 0 Å². The number of carboxylic acid groups (broad SMARTS) is 1. The Hall–Kier alpha value is -1.65. The minimum absolute atomic E-state index is 0.141. The van der Waals surface area contributed by atoms with Crippen molar-refractivity contribution in [1.82, 2.24) is 0 Å². The van der Waals surface area contributed by atoms with Gasteiger partial charge in [0.05, 0.1) is 18.6 Å². The van der Waals surface area contributed by atoms with Gasteiger partial charge < -0.3 is 14.6 Å². The van der Waals surface area contributed by atoms with Gasteiger partial charge in [-0.2, -0.15) is 0 Å². The van der Waals surface area contributed by atoms with E-state index >= 15 is 0 Å². The molecule has 0 aliphatic carbocycles. The van der Waals surface area contributed by atoms with E-state index < -0.39 is 5.97 Å². The molecule has 4 nitrogen and oxygen atoms in total. The summed E-state index contributed by atoms with van der Waals surface area (Å²) in [7, 11) is 0. The van der Waals surface area contributed by atoms with Crippen molar-refractivity contribution in [2.75, 3.05) is 6.61 Å². The molecule has 0 bridgehead atoms. The van der Waals surface area contributed by atoms with Crippen molar-refractivity contribution in [2.24, 2.45) is 5.92 Å². The first-order valence-corrected chi connectivity index (χ1v) is 12.9. The highest BCUT2D eigenvalue weighted by molar-refractivity contribution is 5.69. The van der Waals surface area contributed by atoms with Gasteiger partial charge in [0.25, 0.3) is 0 Å². The normalized spacial score (nSPS) is 19.5. The van der Waals surface area contributed by atoms with Crippen LogP contribution in [0.25, 0.3) is 0 Å². The molecule has 1 N–H and O–H groups in total. The zero-order chi connectivity index (χ0) is 22.9. The van der Waals surface area contributed by atoms with Crippen molar-refractivity contribution >= 4 is 5.97 Å². The second-order valence-corrected chi connectivity index (χ2v) is 9.12. The third-order valence-corrected chi connectivity index (χ3v) is 6.28. The van der Waals surface area contributed by atoms with Crippen LogP contribution >= 0.6 is 0 Å².